The summed E-state index contributed by atoms with van der Waals surface area (Å²) in [6.45, 7) is 2.72. The van der Waals surface area contributed by atoms with E-state index < -0.39 is 29.4 Å². The van der Waals surface area contributed by atoms with Crippen molar-refractivity contribution < 1.29 is 28.5 Å². The number of hydrogen-bond donors (Lipinski definition) is 2. The Morgan fingerprint density at radius 2 is 1.78 bits per heavy atom. The average molecular weight is 666 g/mol. The molecule has 1 saturated heterocycles. The van der Waals surface area contributed by atoms with E-state index in [9.17, 15) is 15.0 Å². The number of aliphatic hydroxyl groups is 2. The van der Waals surface area contributed by atoms with Crippen molar-refractivity contribution in [3.63, 3.8) is 0 Å². The minimum Gasteiger partial charge on any atom is -0.393 e. The van der Waals surface area contributed by atoms with Gasteiger partial charge in [0.1, 0.15) is 29.1 Å². The highest BCUT2D eigenvalue weighted by atomic mass is 35.5. The molecule has 2 N–H and O–H groups in total. The van der Waals surface area contributed by atoms with E-state index in [1.165, 1.54) is 18.5 Å². The Bertz CT molecular complexity index is 1410. The molecular weight excluding hydrogens is 625 g/mol. The topological polar surface area (TPSA) is 99.0 Å². The molecule has 2 heterocycles. The van der Waals surface area contributed by atoms with Crippen LogP contribution in [0.5, 0.6) is 0 Å². The number of ether oxygens (including phenoxy) is 1. The number of likely N-dealkylation sites (tertiary alicyclic amines) is 1. The number of carbonyl (C=O) groups is 1. The second-order valence-corrected chi connectivity index (χ2v) is 12.7. The number of halogens is 4. The smallest absolute Gasteiger partial charge is 0.150 e. The van der Waals surface area contributed by atoms with E-state index in [0.717, 1.165) is 11.1 Å². The van der Waals surface area contributed by atoms with Crippen molar-refractivity contribution in [2.75, 3.05) is 27.2 Å². The van der Waals surface area contributed by atoms with E-state index in [-0.39, 0.29) is 48.6 Å². The van der Waals surface area contributed by atoms with Crippen LogP contribution < -0.4 is 0 Å². The maximum atomic E-state index is 16.2. The van der Waals surface area contributed by atoms with E-state index in [0.29, 0.717) is 43.1 Å². The van der Waals surface area contributed by atoms with Crippen LogP contribution in [0.1, 0.15) is 72.6 Å². The Labute approximate surface area is 273 Å². The van der Waals surface area contributed by atoms with Crippen molar-refractivity contribution >= 4 is 29.5 Å². The molecule has 1 aromatic heterocycles. The molecule has 2 aromatic carbocycles. The lowest BCUT2D eigenvalue weighted by atomic mass is 9.71. The molecule has 2 atom stereocenters. The zero-order valence-corrected chi connectivity index (χ0v) is 27.2. The predicted molar refractivity (Wildman–Crippen MR) is 169 cm³/mol. The van der Waals surface area contributed by atoms with Gasteiger partial charge in [0.25, 0.3) is 0 Å². The number of nitrogens with zero attached hydrogens (tertiary/aromatic N) is 4. The number of piperidine rings is 1. The van der Waals surface area contributed by atoms with Gasteiger partial charge in [0.15, 0.2) is 6.29 Å². The molecule has 5 rings (SSSR count). The first-order valence-corrected chi connectivity index (χ1v) is 15.7. The van der Waals surface area contributed by atoms with E-state index >= 15 is 8.78 Å². The highest BCUT2D eigenvalue weighted by Gasteiger charge is 2.52. The molecule has 1 saturated carbocycles. The van der Waals surface area contributed by atoms with Crippen molar-refractivity contribution in [1.82, 2.24) is 19.8 Å². The van der Waals surface area contributed by atoms with Crippen molar-refractivity contribution in [1.29, 1.82) is 0 Å². The second-order valence-electron chi connectivity index (χ2n) is 11.8. The summed E-state index contributed by atoms with van der Waals surface area (Å²) in [6, 6.07) is 11.9. The van der Waals surface area contributed by atoms with Crippen LogP contribution in [0.25, 0.3) is 0 Å². The first-order chi connectivity index (χ1) is 21.4. The Kier molecular flexibility index (Phi) is 12.0. The summed E-state index contributed by atoms with van der Waals surface area (Å²) in [7, 11) is 3.56. The van der Waals surface area contributed by atoms with Crippen molar-refractivity contribution in [3.8, 4) is 0 Å². The fraction of sp³-hybridized carbons (Fsp3) is 0.485. The van der Waals surface area contributed by atoms with Gasteiger partial charge in [0.2, 0.25) is 0 Å². The second kappa shape index (κ2) is 15.3. The fourth-order valence-corrected chi connectivity index (χ4v) is 6.01. The molecule has 244 valence electrons. The molecule has 2 fully saturated rings. The minimum absolute atomic E-state index is 0.0119. The number of rotatable bonds is 10. The normalized spacial score (nSPS) is 21.6. The summed E-state index contributed by atoms with van der Waals surface area (Å²) in [5.41, 5.74) is -3.99. The van der Waals surface area contributed by atoms with Crippen LogP contribution >= 0.6 is 23.2 Å². The summed E-state index contributed by atoms with van der Waals surface area (Å²) in [4.78, 5) is 24.3. The van der Waals surface area contributed by atoms with E-state index in [1.54, 1.807) is 18.9 Å². The molecule has 0 radical (unpaired) electrons. The number of aromatic nitrogens is 2. The van der Waals surface area contributed by atoms with Crippen LogP contribution in [0.2, 0.25) is 10.0 Å². The molecule has 0 bridgehead atoms. The van der Waals surface area contributed by atoms with Crippen LogP contribution in [0.3, 0.4) is 0 Å². The lowest BCUT2D eigenvalue weighted by molar-refractivity contribution is -0.154. The number of carbonyl (C=O) groups excluding carboxylic acids is 1. The summed E-state index contributed by atoms with van der Waals surface area (Å²) in [6.07, 6.45) is 2.47. The summed E-state index contributed by atoms with van der Waals surface area (Å²) >= 11 is 11.4. The Balaban J connectivity index is 0.000000580. The predicted octanol–water partition coefficient (Wildman–Crippen LogP) is 6.12. The Hall–Kier alpha value is -2.57. The van der Waals surface area contributed by atoms with Crippen molar-refractivity contribution in [3.05, 3.63) is 93.2 Å². The SMILES string of the molecule is CCC(O)(c1cc(F)c([C@@H](OC2CC(O)C2)N(C)Cc2ncc(Cl)cn2)c(C=O)c1)C1(F)CCN(C)CC1.Clc1ccccc1. The van der Waals surface area contributed by atoms with E-state index in [1.807, 2.05) is 42.3 Å². The maximum Gasteiger partial charge on any atom is 0.150 e. The van der Waals surface area contributed by atoms with Crippen LogP contribution in [0, 0.1) is 5.82 Å². The summed E-state index contributed by atoms with van der Waals surface area (Å²) in [5, 5.41) is 22.5. The fourth-order valence-electron chi connectivity index (χ4n) is 5.77. The molecular formula is C33H40Cl2F2N4O4. The average Bonchev–Trinajstić information content (AvgIpc) is 3.01. The molecule has 1 aliphatic heterocycles. The van der Waals surface area contributed by atoms with Crippen LogP contribution in [-0.2, 0) is 16.9 Å². The molecule has 45 heavy (non-hydrogen) atoms. The summed E-state index contributed by atoms with van der Waals surface area (Å²) < 4.78 is 38.3. The third-order valence-electron chi connectivity index (χ3n) is 8.63. The standard InChI is InChI=1S/C27H35ClF2N4O4.C6H5Cl/c1-4-27(37,26(30)5-7-33(2)8-6-26)18-9-17(16-35)24(22(29)10-18)25(38-21-11-20(36)12-21)34(3)15-23-31-13-19(28)14-32-23;7-6-4-2-1-3-5-6/h9-10,13-14,16,20-21,25,36-37H,4-8,11-12,15H2,1-3H3;1-5H/t20?,21?,25-,27?;/m1./s1. The highest BCUT2D eigenvalue weighted by molar-refractivity contribution is 6.30. The number of benzene rings is 2. The first-order valence-electron chi connectivity index (χ1n) is 15.0. The summed E-state index contributed by atoms with van der Waals surface area (Å²) in [5.74, 6) is -0.382. The minimum atomic E-state index is -1.97. The van der Waals surface area contributed by atoms with Gasteiger partial charge in [0, 0.05) is 41.6 Å². The quantitative estimate of drug-likeness (QED) is 0.198. The van der Waals surface area contributed by atoms with Gasteiger partial charge in [-0.3, -0.25) is 9.69 Å². The highest BCUT2D eigenvalue weighted by Crippen LogP contribution is 2.46. The molecule has 3 aromatic rings. The molecule has 1 unspecified atom stereocenters. The lowest BCUT2D eigenvalue weighted by Crippen LogP contribution is -2.54. The van der Waals surface area contributed by atoms with Crippen molar-refractivity contribution in [2.45, 2.75) is 75.3 Å². The Morgan fingerprint density at radius 1 is 1.16 bits per heavy atom. The monoisotopic (exact) mass is 664 g/mol. The zero-order valence-electron chi connectivity index (χ0n) is 25.7. The molecule has 0 amide bonds. The molecule has 2 aliphatic rings. The van der Waals surface area contributed by atoms with Gasteiger partial charge >= 0.3 is 0 Å². The van der Waals surface area contributed by atoms with Crippen LogP contribution in [0.4, 0.5) is 8.78 Å². The molecule has 1 aliphatic carbocycles. The van der Waals surface area contributed by atoms with Gasteiger partial charge in [-0.2, -0.15) is 0 Å². The molecule has 8 nitrogen and oxygen atoms in total. The van der Waals surface area contributed by atoms with Gasteiger partial charge in [-0.25, -0.2) is 18.7 Å². The van der Waals surface area contributed by atoms with Gasteiger partial charge < -0.3 is 19.8 Å². The van der Waals surface area contributed by atoms with Crippen LogP contribution in [0.15, 0.2) is 54.9 Å². The van der Waals surface area contributed by atoms with Gasteiger partial charge in [-0.05, 0) is 76.0 Å². The largest absolute Gasteiger partial charge is 0.393 e. The number of aldehydes is 1. The molecule has 0 spiro atoms. The van der Waals surface area contributed by atoms with Gasteiger partial charge in [0.05, 0.1) is 23.8 Å². The third kappa shape index (κ3) is 8.43. The zero-order chi connectivity index (χ0) is 32.8. The number of hydrogen-bond acceptors (Lipinski definition) is 8. The number of alkyl halides is 1. The molecule has 12 heteroatoms. The maximum absolute atomic E-state index is 16.2. The number of aliphatic hydroxyl groups excluding tert-OH is 1. The lowest BCUT2D eigenvalue weighted by Gasteiger charge is -2.46. The Morgan fingerprint density at radius 3 is 2.29 bits per heavy atom. The van der Waals surface area contributed by atoms with E-state index in [2.05, 4.69) is 9.97 Å². The van der Waals surface area contributed by atoms with Gasteiger partial charge in [-0.15, -0.1) is 0 Å². The van der Waals surface area contributed by atoms with Gasteiger partial charge in [-0.1, -0.05) is 48.3 Å². The first kappa shape index (κ1) is 35.3. The van der Waals surface area contributed by atoms with E-state index in [4.69, 9.17) is 27.9 Å². The third-order valence-corrected chi connectivity index (χ3v) is 9.08. The van der Waals surface area contributed by atoms with Crippen molar-refractivity contribution in [2.24, 2.45) is 0 Å². The van der Waals surface area contributed by atoms with Crippen LogP contribution in [-0.4, -0.2) is 81.3 Å².